The molecule has 0 aliphatic carbocycles. The van der Waals surface area contributed by atoms with Gasteiger partial charge in [-0.15, -0.1) is 0 Å². The smallest absolute Gasteiger partial charge is 0.248 e. The van der Waals surface area contributed by atoms with Crippen LogP contribution in [0.3, 0.4) is 0 Å². The molecule has 2 aromatic rings. The van der Waals surface area contributed by atoms with E-state index in [0.717, 1.165) is 11.1 Å². The summed E-state index contributed by atoms with van der Waals surface area (Å²) in [6.45, 7) is 1.87. The zero-order valence-electron chi connectivity index (χ0n) is 9.12. The molecule has 0 radical (unpaired) electrons. The highest BCUT2D eigenvalue weighted by Gasteiger charge is 2.09. The molecule has 84 valence electrons. The summed E-state index contributed by atoms with van der Waals surface area (Å²) in [5, 5.41) is 9.59. The first-order valence-electron chi connectivity index (χ1n) is 5.01. The lowest BCUT2D eigenvalue weighted by molar-refractivity contribution is 1.20. The van der Waals surface area contributed by atoms with Crippen molar-refractivity contribution in [3.05, 3.63) is 57.0 Å². The number of nitrogens with zero attached hydrogens (tertiary/aromatic N) is 1. The van der Waals surface area contributed by atoms with Crippen LogP contribution in [0.15, 0.2) is 35.3 Å². The maximum absolute atomic E-state index is 11.3. The lowest BCUT2D eigenvalue weighted by atomic mass is 9.98. The lowest BCUT2D eigenvalue weighted by Crippen LogP contribution is -2.05. The van der Waals surface area contributed by atoms with Crippen LogP contribution in [-0.4, -0.2) is 4.98 Å². The largest absolute Gasteiger partial charge is 0.329 e. The summed E-state index contributed by atoms with van der Waals surface area (Å²) < 4.78 is 0. The predicted molar refractivity (Wildman–Crippen MR) is 67.0 cm³/mol. The molecule has 0 saturated carbocycles. The molecule has 1 N–H and O–H groups in total. The molecule has 0 amide bonds. The SMILES string of the molecule is Cc1c[nH]c(=O)cc1-c1cc(Cl)ccc1C#N. The van der Waals surface area contributed by atoms with E-state index in [0.29, 0.717) is 16.1 Å². The first kappa shape index (κ1) is 11.4. The van der Waals surface area contributed by atoms with Gasteiger partial charge in [-0.05, 0) is 36.2 Å². The third kappa shape index (κ3) is 2.22. The molecule has 0 bridgehead atoms. The molecule has 1 aromatic heterocycles. The van der Waals surface area contributed by atoms with E-state index in [-0.39, 0.29) is 5.56 Å². The number of benzene rings is 1. The Morgan fingerprint density at radius 1 is 1.29 bits per heavy atom. The average Bonchev–Trinajstić information content (AvgIpc) is 2.32. The molecule has 2 rings (SSSR count). The molecule has 0 aliphatic heterocycles. The van der Waals surface area contributed by atoms with Crippen molar-refractivity contribution in [2.75, 3.05) is 0 Å². The number of aromatic amines is 1. The first-order valence-corrected chi connectivity index (χ1v) is 5.39. The van der Waals surface area contributed by atoms with Crippen molar-refractivity contribution in [1.82, 2.24) is 4.98 Å². The molecular formula is C13H9ClN2O. The fourth-order valence-electron chi connectivity index (χ4n) is 1.67. The minimum atomic E-state index is -0.200. The number of nitriles is 1. The van der Waals surface area contributed by atoms with E-state index in [9.17, 15) is 4.79 Å². The van der Waals surface area contributed by atoms with Crippen LogP contribution in [0, 0.1) is 18.3 Å². The van der Waals surface area contributed by atoms with Crippen LogP contribution >= 0.6 is 11.6 Å². The molecule has 0 atom stereocenters. The van der Waals surface area contributed by atoms with Crippen LogP contribution in [0.4, 0.5) is 0 Å². The predicted octanol–water partition coefficient (Wildman–Crippen LogP) is 2.88. The summed E-state index contributed by atoms with van der Waals surface area (Å²) in [4.78, 5) is 13.9. The standard InChI is InChI=1S/C13H9ClN2O/c1-8-7-16-13(17)5-11(8)12-4-10(14)3-2-9(12)6-15/h2-5,7H,1H3,(H,16,17). The van der Waals surface area contributed by atoms with E-state index < -0.39 is 0 Å². The summed E-state index contributed by atoms with van der Waals surface area (Å²) in [6.07, 6.45) is 1.62. The van der Waals surface area contributed by atoms with E-state index in [4.69, 9.17) is 16.9 Å². The zero-order valence-corrected chi connectivity index (χ0v) is 9.88. The fourth-order valence-corrected chi connectivity index (χ4v) is 1.84. The van der Waals surface area contributed by atoms with Crippen molar-refractivity contribution in [3.63, 3.8) is 0 Å². The monoisotopic (exact) mass is 244 g/mol. The van der Waals surface area contributed by atoms with E-state index in [1.807, 2.05) is 6.92 Å². The highest BCUT2D eigenvalue weighted by atomic mass is 35.5. The molecular weight excluding hydrogens is 236 g/mol. The number of rotatable bonds is 1. The Labute approximate surface area is 103 Å². The Morgan fingerprint density at radius 3 is 2.76 bits per heavy atom. The highest BCUT2D eigenvalue weighted by molar-refractivity contribution is 6.30. The van der Waals surface area contributed by atoms with Gasteiger partial charge in [-0.1, -0.05) is 11.6 Å². The second-order valence-corrected chi connectivity index (χ2v) is 4.13. The normalized spacial score (nSPS) is 9.94. The molecule has 1 heterocycles. The zero-order chi connectivity index (χ0) is 12.4. The summed E-state index contributed by atoms with van der Waals surface area (Å²) >= 11 is 5.92. The van der Waals surface area contributed by atoms with E-state index in [2.05, 4.69) is 11.1 Å². The summed E-state index contributed by atoms with van der Waals surface area (Å²) in [5.74, 6) is 0. The van der Waals surface area contributed by atoms with Gasteiger partial charge in [-0.2, -0.15) is 5.26 Å². The van der Waals surface area contributed by atoms with Crippen LogP contribution in [0.2, 0.25) is 5.02 Å². The van der Waals surface area contributed by atoms with Gasteiger partial charge in [0, 0.05) is 22.8 Å². The van der Waals surface area contributed by atoms with E-state index in [1.54, 1.807) is 24.4 Å². The van der Waals surface area contributed by atoms with Gasteiger partial charge in [-0.3, -0.25) is 4.79 Å². The van der Waals surface area contributed by atoms with E-state index in [1.165, 1.54) is 6.07 Å². The molecule has 0 saturated heterocycles. The third-order valence-corrected chi connectivity index (χ3v) is 2.76. The van der Waals surface area contributed by atoms with Crippen LogP contribution in [-0.2, 0) is 0 Å². The minimum absolute atomic E-state index is 0.200. The molecule has 3 nitrogen and oxygen atoms in total. The van der Waals surface area contributed by atoms with Crippen LogP contribution in [0.5, 0.6) is 0 Å². The van der Waals surface area contributed by atoms with Crippen LogP contribution in [0.25, 0.3) is 11.1 Å². The maximum Gasteiger partial charge on any atom is 0.248 e. The number of hydrogen-bond donors (Lipinski definition) is 1. The molecule has 0 aliphatic rings. The molecule has 1 aromatic carbocycles. The molecule has 0 unspecified atom stereocenters. The third-order valence-electron chi connectivity index (χ3n) is 2.52. The Morgan fingerprint density at radius 2 is 2.06 bits per heavy atom. The number of H-pyrrole nitrogens is 1. The number of aromatic nitrogens is 1. The molecule has 4 heteroatoms. The summed E-state index contributed by atoms with van der Waals surface area (Å²) in [5.41, 5.74) is 2.61. The summed E-state index contributed by atoms with van der Waals surface area (Å²) in [6, 6.07) is 8.58. The second-order valence-electron chi connectivity index (χ2n) is 3.70. The van der Waals surface area contributed by atoms with Crippen LogP contribution in [0.1, 0.15) is 11.1 Å². The minimum Gasteiger partial charge on any atom is -0.329 e. The Bertz CT molecular complexity index is 668. The van der Waals surface area contributed by atoms with Gasteiger partial charge in [0.1, 0.15) is 0 Å². The number of aryl methyl sites for hydroxylation is 1. The van der Waals surface area contributed by atoms with Crippen molar-refractivity contribution >= 4 is 11.6 Å². The number of nitrogens with one attached hydrogen (secondary N) is 1. The maximum atomic E-state index is 11.3. The van der Waals surface area contributed by atoms with Crippen LogP contribution < -0.4 is 5.56 Å². The van der Waals surface area contributed by atoms with Crippen molar-refractivity contribution in [2.45, 2.75) is 6.92 Å². The Balaban J connectivity index is 2.76. The Hall–Kier alpha value is -2.05. The van der Waals surface area contributed by atoms with Crippen molar-refractivity contribution < 1.29 is 0 Å². The van der Waals surface area contributed by atoms with Gasteiger partial charge >= 0.3 is 0 Å². The second kappa shape index (κ2) is 4.44. The fraction of sp³-hybridized carbons (Fsp3) is 0.0769. The van der Waals surface area contributed by atoms with Crippen molar-refractivity contribution in [3.8, 4) is 17.2 Å². The molecule has 17 heavy (non-hydrogen) atoms. The van der Waals surface area contributed by atoms with Gasteiger partial charge in [0.2, 0.25) is 5.56 Å². The number of pyridine rings is 1. The van der Waals surface area contributed by atoms with Gasteiger partial charge in [0.15, 0.2) is 0 Å². The topological polar surface area (TPSA) is 56.6 Å². The summed E-state index contributed by atoms with van der Waals surface area (Å²) in [7, 11) is 0. The highest BCUT2D eigenvalue weighted by Crippen LogP contribution is 2.27. The number of hydrogen-bond acceptors (Lipinski definition) is 2. The average molecular weight is 245 g/mol. The van der Waals surface area contributed by atoms with Gasteiger partial charge in [0.05, 0.1) is 11.6 Å². The molecule has 0 fully saturated rings. The molecule has 0 spiro atoms. The van der Waals surface area contributed by atoms with E-state index >= 15 is 0 Å². The van der Waals surface area contributed by atoms with Crippen molar-refractivity contribution in [2.24, 2.45) is 0 Å². The van der Waals surface area contributed by atoms with Gasteiger partial charge in [0.25, 0.3) is 0 Å². The lowest BCUT2D eigenvalue weighted by Gasteiger charge is -2.07. The Kier molecular flexibility index (Phi) is 2.99. The van der Waals surface area contributed by atoms with Crippen molar-refractivity contribution in [1.29, 1.82) is 5.26 Å². The van der Waals surface area contributed by atoms with Gasteiger partial charge < -0.3 is 4.98 Å². The first-order chi connectivity index (χ1) is 8.11. The quantitative estimate of drug-likeness (QED) is 0.839. The number of halogens is 1. The van der Waals surface area contributed by atoms with Gasteiger partial charge in [-0.25, -0.2) is 0 Å².